The number of rotatable bonds is 4. The SMILES string of the molecule is CNC(C1CCC(C)C(C)C1)C1(OC)CCC1. The molecule has 0 radical (unpaired) electrons. The molecular formula is C15H29NO. The minimum Gasteiger partial charge on any atom is -0.377 e. The summed E-state index contributed by atoms with van der Waals surface area (Å²) >= 11 is 0. The number of hydrogen-bond acceptors (Lipinski definition) is 2. The molecule has 2 aliphatic rings. The summed E-state index contributed by atoms with van der Waals surface area (Å²) in [4.78, 5) is 0. The van der Waals surface area contributed by atoms with E-state index in [-0.39, 0.29) is 5.60 Å². The van der Waals surface area contributed by atoms with Crippen LogP contribution < -0.4 is 5.32 Å². The molecule has 4 atom stereocenters. The van der Waals surface area contributed by atoms with Gasteiger partial charge in [-0.1, -0.05) is 20.3 Å². The average Bonchev–Trinajstić information content (AvgIpc) is 2.27. The van der Waals surface area contributed by atoms with Gasteiger partial charge in [0, 0.05) is 13.2 Å². The Kier molecular flexibility index (Phi) is 4.14. The van der Waals surface area contributed by atoms with Gasteiger partial charge in [0.15, 0.2) is 0 Å². The number of hydrogen-bond donors (Lipinski definition) is 1. The van der Waals surface area contributed by atoms with Crippen LogP contribution in [0, 0.1) is 17.8 Å². The summed E-state index contributed by atoms with van der Waals surface area (Å²) in [7, 11) is 4.02. The van der Waals surface area contributed by atoms with Gasteiger partial charge < -0.3 is 10.1 Å². The van der Waals surface area contributed by atoms with Gasteiger partial charge in [-0.05, 0) is 56.9 Å². The Morgan fingerprint density at radius 2 is 1.88 bits per heavy atom. The first-order chi connectivity index (χ1) is 8.13. The number of nitrogens with one attached hydrogen (secondary N) is 1. The van der Waals surface area contributed by atoms with Crippen LogP contribution >= 0.6 is 0 Å². The van der Waals surface area contributed by atoms with Gasteiger partial charge in [0.25, 0.3) is 0 Å². The lowest BCUT2D eigenvalue weighted by atomic mass is 9.64. The van der Waals surface area contributed by atoms with Crippen molar-refractivity contribution in [2.75, 3.05) is 14.2 Å². The summed E-state index contributed by atoms with van der Waals surface area (Å²) in [6.07, 6.45) is 7.97. The van der Waals surface area contributed by atoms with Crippen LogP contribution in [0.15, 0.2) is 0 Å². The second kappa shape index (κ2) is 5.27. The molecule has 17 heavy (non-hydrogen) atoms. The van der Waals surface area contributed by atoms with Crippen LogP contribution in [0.5, 0.6) is 0 Å². The summed E-state index contributed by atoms with van der Waals surface area (Å²) < 4.78 is 5.88. The van der Waals surface area contributed by atoms with Gasteiger partial charge in [-0.15, -0.1) is 0 Å². The van der Waals surface area contributed by atoms with E-state index in [0.717, 1.165) is 17.8 Å². The van der Waals surface area contributed by atoms with Crippen LogP contribution in [-0.4, -0.2) is 25.8 Å². The first-order valence-electron chi connectivity index (χ1n) is 7.35. The Hall–Kier alpha value is -0.0800. The molecule has 0 aromatic heterocycles. The smallest absolute Gasteiger partial charge is 0.0833 e. The summed E-state index contributed by atoms with van der Waals surface area (Å²) in [6.45, 7) is 4.83. The zero-order valence-corrected chi connectivity index (χ0v) is 12.0. The van der Waals surface area contributed by atoms with Gasteiger partial charge >= 0.3 is 0 Å². The van der Waals surface area contributed by atoms with Crippen molar-refractivity contribution in [2.45, 2.75) is 64.0 Å². The van der Waals surface area contributed by atoms with E-state index in [1.165, 1.54) is 38.5 Å². The largest absolute Gasteiger partial charge is 0.377 e. The number of ether oxygens (including phenoxy) is 1. The van der Waals surface area contributed by atoms with Crippen molar-refractivity contribution in [1.29, 1.82) is 0 Å². The van der Waals surface area contributed by atoms with E-state index in [9.17, 15) is 0 Å². The highest BCUT2D eigenvalue weighted by Crippen LogP contribution is 2.45. The van der Waals surface area contributed by atoms with Crippen LogP contribution in [0.25, 0.3) is 0 Å². The second-order valence-corrected chi connectivity index (χ2v) is 6.42. The fourth-order valence-corrected chi connectivity index (χ4v) is 3.99. The fraction of sp³-hybridized carbons (Fsp3) is 1.00. The molecule has 2 rings (SSSR count). The van der Waals surface area contributed by atoms with Crippen molar-refractivity contribution in [3.8, 4) is 0 Å². The maximum absolute atomic E-state index is 5.88. The molecule has 0 bridgehead atoms. The van der Waals surface area contributed by atoms with E-state index < -0.39 is 0 Å². The molecule has 0 heterocycles. The molecule has 2 nitrogen and oxygen atoms in total. The van der Waals surface area contributed by atoms with Crippen molar-refractivity contribution in [2.24, 2.45) is 17.8 Å². The molecule has 0 aromatic rings. The van der Waals surface area contributed by atoms with Gasteiger partial charge in [0.1, 0.15) is 0 Å². The third-order valence-corrected chi connectivity index (χ3v) is 5.59. The fourth-order valence-electron chi connectivity index (χ4n) is 3.99. The van der Waals surface area contributed by atoms with E-state index in [1.54, 1.807) is 0 Å². The highest BCUT2D eigenvalue weighted by atomic mass is 16.5. The minimum absolute atomic E-state index is 0.152. The molecule has 2 fully saturated rings. The van der Waals surface area contributed by atoms with Crippen LogP contribution in [0.1, 0.15) is 52.4 Å². The van der Waals surface area contributed by atoms with E-state index in [4.69, 9.17) is 4.74 Å². The predicted molar refractivity (Wildman–Crippen MR) is 72.1 cm³/mol. The Labute approximate surface area is 107 Å². The Morgan fingerprint density at radius 1 is 1.18 bits per heavy atom. The highest BCUT2D eigenvalue weighted by Gasteiger charge is 2.47. The molecular weight excluding hydrogens is 210 g/mol. The molecule has 0 aromatic carbocycles. The van der Waals surface area contributed by atoms with Crippen molar-refractivity contribution in [3.05, 3.63) is 0 Å². The van der Waals surface area contributed by atoms with E-state index in [1.807, 2.05) is 7.11 Å². The first-order valence-corrected chi connectivity index (χ1v) is 7.35. The zero-order chi connectivity index (χ0) is 12.5. The molecule has 1 N–H and O–H groups in total. The van der Waals surface area contributed by atoms with Gasteiger partial charge in [-0.3, -0.25) is 0 Å². The van der Waals surface area contributed by atoms with Gasteiger partial charge in [0.2, 0.25) is 0 Å². The van der Waals surface area contributed by atoms with Crippen LogP contribution in [-0.2, 0) is 4.74 Å². The quantitative estimate of drug-likeness (QED) is 0.813. The molecule has 100 valence electrons. The van der Waals surface area contributed by atoms with Gasteiger partial charge in [-0.25, -0.2) is 0 Å². The standard InChI is InChI=1S/C15H29NO/c1-11-6-7-13(10-12(11)2)14(16-3)15(17-4)8-5-9-15/h11-14,16H,5-10H2,1-4H3. The third-order valence-electron chi connectivity index (χ3n) is 5.59. The Balaban J connectivity index is 2.03. The maximum atomic E-state index is 5.88. The number of methoxy groups -OCH3 is 1. The molecule has 2 aliphatic carbocycles. The lowest BCUT2D eigenvalue weighted by molar-refractivity contribution is -0.115. The molecule has 0 amide bonds. The third kappa shape index (κ3) is 2.39. The minimum atomic E-state index is 0.152. The summed E-state index contributed by atoms with van der Waals surface area (Å²) in [5, 5.41) is 3.58. The average molecular weight is 239 g/mol. The highest BCUT2D eigenvalue weighted by molar-refractivity contribution is 5.03. The van der Waals surface area contributed by atoms with Crippen molar-refractivity contribution in [3.63, 3.8) is 0 Å². The Bertz CT molecular complexity index is 244. The first kappa shape index (κ1) is 13.4. The van der Waals surface area contributed by atoms with Crippen molar-refractivity contribution < 1.29 is 4.74 Å². The topological polar surface area (TPSA) is 21.3 Å². The molecule has 2 heteroatoms. The second-order valence-electron chi connectivity index (χ2n) is 6.42. The van der Waals surface area contributed by atoms with Crippen molar-refractivity contribution >= 4 is 0 Å². The van der Waals surface area contributed by atoms with E-state index in [0.29, 0.717) is 6.04 Å². The summed E-state index contributed by atoms with van der Waals surface area (Å²) in [5.74, 6) is 2.59. The molecule has 0 saturated heterocycles. The van der Waals surface area contributed by atoms with E-state index >= 15 is 0 Å². The predicted octanol–water partition coefficient (Wildman–Crippen LogP) is 3.22. The Morgan fingerprint density at radius 3 is 2.29 bits per heavy atom. The molecule has 4 unspecified atom stereocenters. The summed E-state index contributed by atoms with van der Waals surface area (Å²) in [5.41, 5.74) is 0.152. The maximum Gasteiger partial charge on any atom is 0.0833 e. The molecule has 0 spiro atoms. The van der Waals surface area contributed by atoms with Crippen molar-refractivity contribution in [1.82, 2.24) is 5.32 Å². The van der Waals surface area contributed by atoms with Gasteiger partial charge in [-0.2, -0.15) is 0 Å². The normalized spacial score (nSPS) is 38.5. The van der Waals surface area contributed by atoms with Crippen LogP contribution in [0.2, 0.25) is 0 Å². The molecule has 0 aliphatic heterocycles. The number of likely N-dealkylation sites (N-methyl/N-ethyl adjacent to an activating group) is 1. The zero-order valence-electron chi connectivity index (χ0n) is 12.0. The van der Waals surface area contributed by atoms with Crippen LogP contribution in [0.3, 0.4) is 0 Å². The monoisotopic (exact) mass is 239 g/mol. The van der Waals surface area contributed by atoms with E-state index in [2.05, 4.69) is 26.2 Å². The van der Waals surface area contributed by atoms with Gasteiger partial charge in [0.05, 0.1) is 5.60 Å². The lowest BCUT2D eigenvalue weighted by Gasteiger charge is -2.51. The van der Waals surface area contributed by atoms with Crippen LogP contribution in [0.4, 0.5) is 0 Å². The molecule has 2 saturated carbocycles. The summed E-state index contributed by atoms with van der Waals surface area (Å²) in [6, 6.07) is 0.566. The lowest BCUT2D eigenvalue weighted by Crippen LogP contribution is -2.59.